The van der Waals surface area contributed by atoms with E-state index < -0.39 is 13.7 Å². The van der Waals surface area contributed by atoms with Gasteiger partial charge in [-0.05, 0) is 42.3 Å². The number of rotatable bonds is 3. The number of hydrogen-bond acceptors (Lipinski definition) is 1. The summed E-state index contributed by atoms with van der Waals surface area (Å²) in [5, 5.41) is 10.4. The van der Waals surface area contributed by atoms with Crippen LogP contribution >= 0.6 is 0 Å². The van der Waals surface area contributed by atoms with Crippen LogP contribution in [0.5, 0.6) is 0 Å². The van der Waals surface area contributed by atoms with Crippen LogP contribution in [0.4, 0.5) is 0 Å². The Labute approximate surface area is 114 Å². The van der Waals surface area contributed by atoms with E-state index in [0.29, 0.717) is 16.6 Å². The molecule has 0 heterocycles. The van der Waals surface area contributed by atoms with E-state index in [1.54, 1.807) is 0 Å². The van der Waals surface area contributed by atoms with Gasteiger partial charge in [0, 0.05) is 0 Å². The first-order valence-electron chi connectivity index (χ1n) is 7.51. The Morgan fingerprint density at radius 1 is 0.889 bits per heavy atom. The fraction of sp³-hybridized carbons (Fsp3) is 0.875. The molecule has 0 amide bonds. The summed E-state index contributed by atoms with van der Waals surface area (Å²) in [6.07, 6.45) is 4.01. The molecule has 0 spiro atoms. The van der Waals surface area contributed by atoms with Gasteiger partial charge in [-0.25, -0.2) is 0 Å². The highest BCUT2D eigenvalue weighted by molar-refractivity contribution is 6.90. The van der Waals surface area contributed by atoms with Crippen LogP contribution in [0.3, 0.4) is 0 Å². The Hall–Kier alpha value is -0.263. The minimum Gasteiger partial charge on any atom is -0.378 e. The van der Waals surface area contributed by atoms with Crippen molar-refractivity contribution in [1.82, 2.24) is 0 Å². The fourth-order valence-corrected chi connectivity index (χ4v) is 9.06. The Morgan fingerprint density at radius 2 is 1.28 bits per heavy atom. The van der Waals surface area contributed by atoms with Crippen LogP contribution in [0.2, 0.25) is 16.6 Å². The summed E-state index contributed by atoms with van der Waals surface area (Å²) in [4.78, 5) is 0. The Bertz CT molecular complexity index is 305. The van der Waals surface area contributed by atoms with Crippen molar-refractivity contribution in [3.8, 4) is 11.5 Å². The molecule has 1 rings (SSSR count). The van der Waals surface area contributed by atoms with Crippen molar-refractivity contribution in [2.24, 2.45) is 0 Å². The van der Waals surface area contributed by atoms with E-state index >= 15 is 0 Å². The second-order valence-corrected chi connectivity index (χ2v) is 12.5. The van der Waals surface area contributed by atoms with Crippen molar-refractivity contribution in [3.63, 3.8) is 0 Å². The highest BCUT2D eigenvalue weighted by Gasteiger charge is 2.42. The largest absolute Gasteiger partial charge is 0.378 e. The summed E-state index contributed by atoms with van der Waals surface area (Å²) in [6, 6.07) is 0. The molecule has 0 unspecified atom stereocenters. The molecule has 0 aliphatic heterocycles. The SMILES string of the molecule is CC(C)[Si](C#CC1(O)CCCC1)(C(C)C)C(C)C. The summed E-state index contributed by atoms with van der Waals surface area (Å²) in [6.45, 7) is 13.9. The molecule has 104 valence electrons. The molecule has 0 bridgehead atoms. The third-order valence-corrected chi connectivity index (χ3v) is 11.1. The summed E-state index contributed by atoms with van der Waals surface area (Å²) in [5.74, 6) is 3.31. The molecule has 1 saturated carbocycles. The Morgan fingerprint density at radius 3 is 1.61 bits per heavy atom. The molecule has 0 atom stereocenters. The van der Waals surface area contributed by atoms with E-state index in [9.17, 15) is 5.11 Å². The molecule has 1 aliphatic carbocycles. The molecule has 0 aromatic heterocycles. The van der Waals surface area contributed by atoms with Crippen LogP contribution in [0, 0.1) is 11.5 Å². The van der Waals surface area contributed by atoms with Gasteiger partial charge in [0.2, 0.25) is 0 Å². The van der Waals surface area contributed by atoms with Crippen molar-refractivity contribution in [1.29, 1.82) is 0 Å². The predicted octanol–water partition coefficient (Wildman–Crippen LogP) is 4.51. The van der Waals surface area contributed by atoms with Gasteiger partial charge in [0.05, 0.1) is 0 Å². The van der Waals surface area contributed by atoms with Gasteiger partial charge in [-0.2, -0.15) is 0 Å². The van der Waals surface area contributed by atoms with Crippen LogP contribution in [0.25, 0.3) is 0 Å². The molecule has 1 aliphatic rings. The minimum absolute atomic E-state index is 0.648. The van der Waals surface area contributed by atoms with E-state index in [-0.39, 0.29) is 0 Å². The second kappa shape index (κ2) is 5.80. The molecule has 0 aromatic carbocycles. The van der Waals surface area contributed by atoms with Gasteiger partial charge in [0.1, 0.15) is 13.7 Å². The topological polar surface area (TPSA) is 20.2 Å². The Kier molecular flexibility index (Phi) is 5.09. The lowest BCUT2D eigenvalue weighted by Crippen LogP contribution is -2.44. The zero-order chi connectivity index (χ0) is 14.0. The van der Waals surface area contributed by atoms with Crippen molar-refractivity contribution in [2.75, 3.05) is 0 Å². The van der Waals surface area contributed by atoms with Gasteiger partial charge >= 0.3 is 0 Å². The zero-order valence-corrected chi connectivity index (χ0v) is 14.0. The quantitative estimate of drug-likeness (QED) is 0.588. The summed E-state index contributed by atoms with van der Waals surface area (Å²) in [5.41, 5.74) is 4.93. The molecular formula is C16H30OSi. The average molecular weight is 267 g/mol. The van der Waals surface area contributed by atoms with Crippen molar-refractivity contribution < 1.29 is 5.11 Å². The van der Waals surface area contributed by atoms with Crippen LogP contribution in [-0.4, -0.2) is 18.8 Å². The highest BCUT2D eigenvalue weighted by Crippen LogP contribution is 2.41. The lowest BCUT2D eigenvalue weighted by Gasteiger charge is -2.38. The average Bonchev–Trinajstić information content (AvgIpc) is 2.64. The predicted molar refractivity (Wildman–Crippen MR) is 82.2 cm³/mol. The normalized spacial score (nSPS) is 19.4. The molecule has 18 heavy (non-hydrogen) atoms. The van der Waals surface area contributed by atoms with Crippen molar-refractivity contribution >= 4 is 8.07 Å². The van der Waals surface area contributed by atoms with Crippen LogP contribution in [0.1, 0.15) is 67.2 Å². The molecule has 0 radical (unpaired) electrons. The van der Waals surface area contributed by atoms with E-state index in [1.807, 2.05) is 0 Å². The number of aliphatic hydroxyl groups is 1. The smallest absolute Gasteiger partial charge is 0.146 e. The van der Waals surface area contributed by atoms with Crippen LogP contribution in [-0.2, 0) is 0 Å². The maximum absolute atomic E-state index is 10.4. The molecule has 1 N–H and O–H groups in total. The first kappa shape index (κ1) is 15.8. The molecule has 0 aromatic rings. The second-order valence-electron chi connectivity index (χ2n) is 6.89. The van der Waals surface area contributed by atoms with Gasteiger partial charge in [0.15, 0.2) is 0 Å². The van der Waals surface area contributed by atoms with E-state index in [0.717, 1.165) is 25.7 Å². The molecular weight excluding hydrogens is 236 g/mol. The standard InChI is InChI=1S/C16H30OSi/c1-13(2)18(14(3)4,15(5)6)12-11-16(17)9-7-8-10-16/h13-15,17H,7-10H2,1-6H3. The minimum atomic E-state index is -1.66. The molecule has 2 heteroatoms. The van der Waals surface area contributed by atoms with Gasteiger partial charge < -0.3 is 5.11 Å². The van der Waals surface area contributed by atoms with Gasteiger partial charge in [-0.3, -0.25) is 0 Å². The molecule has 1 fully saturated rings. The van der Waals surface area contributed by atoms with Gasteiger partial charge in [-0.1, -0.05) is 47.5 Å². The number of hydrogen-bond donors (Lipinski definition) is 1. The summed E-state index contributed by atoms with van der Waals surface area (Å²) in [7, 11) is -1.66. The summed E-state index contributed by atoms with van der Waals surface area (Å²) < 4.78 is 0. The maximum atomic E-state index is 10.4. The monoisotopic (exact) mass is 266 g/mol. The van der Waals surface area contributed by atoms with Crippen LogP contribution < -0.4 is 0 Å². The van der Waals surface area contributed by atoms with E-state index in [4.69, 9.17) is 0 Å². The maximum Gasteiger partial charge on any atom is 0.146 e. The molecule has 0 saturated heterocycles. The van der Waals surface area contributed by atoms with Gasteiger partial charge in [-0.15, -0.1) is 5.54 Å². The zero-order valence-electron chi connectivity index (χ0n) is 13.0. The Balaban J connectivity index is 3.09. The third kappa shape index (κ3) is 3.00. The first-order chi connectivity index (χ1) is 8.24. The van der Waals surface area contributed by atoms with E-state index in [1.165, 1.54) is 0 Å². The molecule has 1 nitrogen and oxygen atoms in total. The lowest BCUT2D eigenvalue weighted by atomic mass is 10.1. The van der Waals surface area contributed by atoms with Crippen molar-refractivity contribution in [3.05, 3.63) is 0 Å². The lowest BCUT2D eigenvalue weighted by molar-refractivity contribution is 0.110. The fourth-order valence-electron chi connectivity index (χ4n) is 3.74. The highest BCUT2D eigenvalue weighted by atomic mass is 28.3. The van der Waals surface area contributed by atoms with Gasteiger partial charge in [0.25, 0.3) is 0 Å². The third-order valence-electron chi connectivity index (χ3n) is 4.81. The van der Waals surface area contributed by atoms with E-state index in [2.05, 4.69) is 53.0 Å². The van der Waals surface area contributed by atoms with Crippen molar-refractivity contribution in [2.45, 2.75) is 89.5 Å². The summed E-state index contributed by atoms with van der Waals surface area (Å²) >= 11 is 0. The first-order valence-corrected chi connectivity index (χ1v) is 9.74. The van der Waals surface area contributed by atoms with Crippen LogP contribution in [0.15, 0.2) is 0 Å².